The summed E-state index contributed by atoms with van der Waals surface area (Å²) >= 11 is 1.67. The number of rotatable bonds is 1. The van der Waals surface area contributed by atoms with E-state index in [0.29, 0.717) is 6.42 Å². The summed E-state index contributed by atoms with van der Waals surface area (Å²) in [5.41, 5.74) is 0.705. The molecule has 4 rings (SSSR count). The molecule has 6 nitrogen and oxygen atoms in total. The van der Waals surface area contributed by atoms with Crippen molar-refractivity contribution in [1.29, 1.82) is 0 Å². The zero-order valence-electron chi connectivity index (χ0n) is 13.1. The Bertz CT molecular complexity index is 712. The topological polar surface area (TPSA) is 78.7 Å². The summed E-state index contributed by atoms with van der Waals surface area (Å²) in [6.45, 7) is 3.83. The number of thiophene rings is 1. The minimum Gasteiger partial charge on any atom is -0.390 e. The van der Waals surface area contributed by atoms with Crippen LogP contribution in [0, 0.1) is 6.92 Å². The molecule has 2 fully saturated rings. The second-order valence-electron chi connectivity index (χ2n) is 6.55. The van der Waals surface area contributed by atoms with Crippen molar-refractivity contribution in [2.75, 3.05) is 24.6 Å². The van der Waals surface area contributed by atoms with Crippen LogP contribution in [0.3, 0.4) is 0 Å². The Hall–Kier alpha value is -1.28. The molecule has 0 aliphatic carbocycles. The van der Waals surface area contributed by atoms with Crippen molar-refractivity contribution in [2.24, 2.45) is 0 Å². The van der Waals surface area contributed by atoms with Crippen LogP contribution in [0.2, 0.25) is 0 Å². The van der Waals surface area contributed by atoms with Crippen LogP contribution >= 0.6 is 11.3 Å². The van der Waals surface area contributed by atoms with Gasteiger partial charge in [0.1, 0.15) is 17.7 Å². The molecule has 0 unspecified atom stereocenters. The van der Waals surface area contributed by atoms with E-state index in [-0.39, 0.29) is 12.2 Å². The maximum Gasteiger partial charge on any atom is 0.150 e. The lowest BCUT2D eigenvalue weighted by Gasteiger charge is -2.46. The molecule has 2 aliphatic heterocycles. The molecule has 1 spiro atoms. The van der Waals surface area contributed by atoms with E-state index in [1.807, 2.05) is 13.0 Å². The molecule has 0 bridgehead atoms. The van der Waals surface area contributed by atoms with Crippen LogP contribution in [0.1, 0.15) is 25.1 Å². The lowest BCUT2D eigenvalue weighted by molar-refractivity contribution is -0.178. The molecule has 124 valence electrons. The van der Waals surface area contributed by atoms with Gasteiger partial charge in [-0.3, -0.25) is 0 Å². The van der Waals surface area contributed by atoms with Crippen molar-refractivity contribution >= 4 is 27.4 Å². The van der Waals surface area contributed by atoms with E-state index < -0.39 is 12.2 Å². The number of aliphatic hydroxyl groups is 2. The molecule has 2 saturated heterocycles. The number of piperidine rings is 1. The van der Waals surface area contributed by atoms with Gasteiger partial charge in [0.05, 0.1) is 28.5 Å². The van der Waals surface area contributed by atoms with Crippen LogP contribution in [-0.4, -0.2) is 57.7 Å². The highest BCUT2D eigenvalue weighted by Crippen LogP contribution is 2.38. The van der Waals surface area contributed by atoms with Crippen molar-refractivity contribution in [2.45, 2.75) is 44.0 Å². The van der Waals surface area contributed by atoms with Gasteiger partial charge in [0.2, 0.25) is 0 Å². The number of anilines is 1. The highest BCUT2D eigenvalue weighted by Gasteiger charge is 2.43. The zero-order valence-corrected chi connectivity index (χ0v) is 13.9. The Balaban J connectivity index is 1.54. The standard InChI is InChI=1S/C16H21N3O3S/c1-10-17-11-2-7-23-14(11)15(18-10)19-5-3-16(4-6-19)8-12(20)13(21)9-22-16/h2,7,12-13,20-21H,3-6,8-9H2,1H3/t12-,13+/m1/s1. The third-order valence-corrected chi connectivity index (χ3v) is 5.86. The Labute approximate surface area is 138 Å². The van der Waals surface area contributed by atoms with Gasteiger partial charge < -0.3 is 19.8 Å². The minimum absolute atomic E-state index is 0.225. The van der Waals surface area contributed by atoms with E-state index in [1.54, 1.807) is 11.3 Å². The lowest BCUT2D eigenvalue weighted by atomic mass is 9.82. The van der Waals surface area contributed by atoms with E-state index in [4.69, 9.17) is 4.74 Å². The summed E-state index contributed by atoms with van der Waals surface area (Å²) in [7, 11) is 0. The normalized spacial score (nSPS) is 27.7. The molecule has 2 aromatic heterocycles. The second kappa shape index (κ2) is 5.66. The molecule has 0 amide bonds. The van der Waals surface area contributed by atoms with Gasteiger partial charge in [-0.25, -0.2) is 9.97 Å². The lowest BCUT2D eigenvalue weighted by Crippen LogP contribution is -2.54. The third-order valence-electron chi connectivity index (χ3n) is 4.96. The number of hydrogen-bond donors (Lipinski definition) is 2. The molecule has 0 aromatic carbocycles. The molecule has 23 heavy (non-hydrogen) atoms. The van der Waals surface area contributed by atoms with Crippen molar-refractivity contribution in [3.8, 4) is 0 Å². The predicted molar refractivity (Wildman–Crippen MR) is 88.9 cm³/mol. The Morgan fingerprint density at radius 2 is 2.04 bits per heavy atom. The maximum atomic E-state index is 9.97. The molecule has 0 radical (unpaired) electrons. The zero-order chi connectivity index (χ0) is 16.0. The summed E-state index contributed by atoms with van der Waals surface area (Å²) < 4.78 is 7.03. The monoisotopic (exact) mass is 335 g/mol. The van der Waals surface area contributed by atoms with Gasteiger partial charge in [0, 0.05) is 19.5 Å². The van der Waals surface area contributed by atoms with Gasteiger partial charge in [0.15, 0.2) is 0 Å². The maximum absolute atomic E-state index is 9.97. The first-order chi connectivity index (χ1) is 11.1. The van der Waals surface area contributed by atoms with Crippen LogP contribution in [0.5, 0.6) is 0 Å². The van der Waals surface area contributed by atoms with Crippen LogP contribution < -0.4 is 4.90 Å². The molecule has 2 atom stereocenters. The predicted octanol–water partition coefficient (Wildman–Crippen LogP) is 1.48. The van der Waals surface area contributed by atoms with Crippen molar-refractivity contribution in [3.63, 3.8) is 0 Å². The average Bonchev–Trinajstić information content (AvgIpc) is 3.00. The number of nitrogens with zero attached hydrogens (tertiary/aromatic N) is 3. The summed E-state index contributed by atoms with van der Waals surface area (Å²) in [5.74, 6) is 1.80. The number of aryl methyl sites for hydroxylation is 1. The number of ether oxygens (including phenoxy) is 1. The number of aliphatic hydroxyl groups excluding tert-OH is 2. The average molecular weight is 335 g/mol. The minimum atomic E-state index is -0.756. The van der Waals surface area contributed by atoms with Crippen molar-refractivity contribution in [1.82, 2.24) is 9.97 Å². The number of fused-ring (bicyclic) bond motifs is 1. The highest BCUT2D eigenvalue weighted by molar-refractivity contribution is 7.17. The van der Waals surface area contributed by atoms with Crippen molar-refractivity contribution in [3.05, 3.63) is 17.3 Å². The van der Waals surface area contributed by atoms with E-state index in [0.717, 1.165) is 47.8 Å². The van der Waals surface area contributed by atoms with Crippen LogP contribution in [0.25, 0.3) is 10.2 Å². The molecule has 2 N–H and O–H groups in total. The first-order valence-corrected chi connectivity index (χ1v) is 8.91. The number of aromatic nitrogens is 2. The molecule has 0 saturated carbocycles. The highest BCUT2D eigenvalue weighted by atomic mass is 32.1. The fourth-order valence-corrected chi connectivity index (χ4v) is 4.45. The largest absolute Gasteiger partial charge is 0.390 e. The van der Waals surface area contributed by atoms with Crippen LogP contribution in [-0.2, 0) is 4.74 Å². The fourth-order valence-electron chi connectivity index (χ4n) is 3.60. The third kappa shape index (κ3) is 2.71. The summed E-state index contributed by atoms with van der Waals surface area (Å²) in [5, 5.41) is 21.7. The van der Waals surface area contributed by atoms with Gasteiger partial charge in [-0.15, -0.1) is 11.3 Å². The van der Waals surface area contributed by atoms with Gasteiger partial charge in [-0.05, 0) is 31.2 Å². The summed E-state index contributed by atoms with van der Waals surface area (Å²) in [6, 6.07) is 2.03. The van der Waals surface area contributed by atoms with Crippen LogP contribution in [0.4, 0.5) is 5.82 Å². The number of hydrogen-bond acceptors (Lipinski definition) is 7. The summed E-state index contributed by atoms with van der Waals surface area (Å²) in [4.78, 5) is 11.4. The van der Waals surface area contributed by atoms with Gasteiger partial charge in [-0.1, -0.05) is 0 Å². The van der Waals surface area contributed by atoms with Gasteiger partial charge in [0.25, 0.3) is 0 Å². The molecular weight excluding hydrogens is 314 g/mol. The van der Waals surface area contributed by atoms with Crippen molar-refractivity contribution < 1.29 is 14.9 Å². The first-order valence-electron chi connectivity index (χ1n) is 8.03. The van der Waals surface area contributed by atoms with E-state index in [1.165, 1.54) is 0 Å². The summed E-state index contributed by atoms with van der Waals surface area (Å²) in [6.07, 6.45) is 0.757. The van der Waals surface area contributed by atoms with Gasteiger partial charge >= 0.3 is 0 Å². The van der Waals surface area contributed by atoms with Crippen LogP contribution in [0.15, 0.2) is 11.4 Å². The van der Waals surface area contributed by atoms with Gasteiger partial charge in [-0.2, -0.15) is 0 Å². The van der Waals surface area contributed by atoms with E-state index in [9.17, 15) is 10.2 Å². The molecule has 4 heterocycles. The molecule has 2 aliphatic rings. The molecule has 7 heteroatoms. The smallest absolute Gasteiger partial charge is 0.150 e. The SMILES string of the molecule is Cc1nc(N2CCC3(CC2)C[C@@H](O)[C@@H](O)CO3)c2sccc2n1. The van der Waals surface area contributed by atoms with E-state index in [2.05, 4.69) is 20.2 Å². The molecule has 2 aromatic rings. The Morgan fingerprint density at radius 3 is 2.78 bits per heavy atom. The molecular formula is C16H21N3O3S. The second-order valence-corrected chi connectivity index (χ2v) is 7.47. The fraction of sp³-hybridized carbons (Fsp3) is 0.625. The Morgan fingerprint density at radius 1 is 1.26 bits per heavy atom. The Kier molecular flexibility index (Phi) is 3.76. The first kappa shape index (κ1) is 15.3. The van der Waals surface area contributed by atoms with E-state index >= 15 is 0 Å². The quantitative estimate of drug-likeness (QED) is 0.822.